The average molecular weight is 314 g/mol. The van der Waals surface area contributed by atoms with Crippen LogP contribution >= 0.6 is 11.6 Å². The molecule has 0 atom stereocenters. The Morgan fingerprint density at radius 3 is 2.80 bits per heavy atom. The Bertz CT molecular complexity index is 937. The van der Waals surface area contributed by atoms with E-state index in [9.17, 15) is 8.42 Å². The van der Waals surface area contributed by atoms with Crippen molar-refractivity contribution in [3.8, 4) is 6.01 Å². The number of hydrogen-bond donors (Lipinski definition) is 1. The normalized spacial score (nSPS) is 12.1. The maximum atomic E-state index is 11.2. The lowest BCUT2D eigenvalue weighted by Crippen LogP contribution is -2.09. The second kappa shape index (κ2) is 4.18. The Morgan fingerprint density at radius 2 is 2.10 bits per heavy atom. The summed E-state index contributed by atoms with van der Waals surface area (Å²) in [7, 11) is -3.74. The van der Waals surface area contributed by atoms with E-state index in [1.165, 1.54) is 4.40 Å². The lowest BCUT2D eigenvalue weighted by atomic mass is 10.3. The third-order valence-corrected chi connectivity index (χ3v) is 3.19. The molecule has 3 aromatic rings. The smallest absolute Gasteiger partial charge is 0.338 e. The van der Waals surface area contributed by atoms with Gasteiger partial charge in [0.1, 0.15) is 0 Å². The third-order valence-electron chi connectivity index (χ3n) is 2.51. The molecule has 0 spiro atoms. The molecule has 0 aliphatic heterocycles. The maximum absolute atomic E-state index is 11.2. The summed E-state index contributed by atoms with van der Waals surface area (Å²) in [4.78, 5) is 4.14. The number of fused-ring (bicyclic) bond motifs is 3. The van der Waals surface area contributed by atoms with Gasteiger partial charge in [-0.2, -0.15) is 8.42 Å². The van der Waals surface area contributed by atoms with Crippen molar-refractivity contribution in [3.63, 3.8) is 0 Å². The monoisotopic (exact) mass is 313 g/mol. The number of halogens is 1. The third kappa shape index (κ3) is 2.10. The topological polar surface area (TPSA) is 112 Å². The first-order valence-electron chi connectivity index (χ1n) is 5.34. The lowest BCUT2D eigenvalue weighted by Gasteiger charge is -2.06. The van der Waals surface area contributed by atoms with Gasteiger partial charge < -0.3 is 9.92 Å². The fourth-order valence-electron chi connectivity index (χ4n) is 1.80. The molecule has 2 heterocycles. The van der Waals surface area contributed by atoms with Gasteiger partial charge in [-0.25, -0.2) is 9.38 Å². The Kier molecular flexibility index (Phi) is 2.69. The molecule has 0 bridgehead atoms. The molecule has 10 heteroatoms. The fraction of sp³-hybridized carbons (Fsp3) is 0.100. The lowest BCUT2D eigenvalue weighted by molar-refractivity contribution is 0.468. The first-order chi connectivity index (χ1) is 9.35. The molecule has 3 rings (SSSR count). The Morgan fingerprint density at radius 1 is 1.35 bits per heavy atom. The van der Waals surface area contributed by atoms with Gasteiger partial charge in [0.05, 0.1) is 17.3 Å². The van der Waals surface area contributed by atoms with Crippen LogP contribution in [0.5, 0.6) is 6.01 Å². The van der Waals surface area contributed by atoms with Crippen molar-refractivity contribution in [3.05, 3.63) is 23.2 Å². The van der Waals surface area contributed by atoms with Crippen molar-refractivity contribution >= 4 is 44.2 Å². The molecule has 8 nitrogen and oxygen atoms in total. The van der Waals surface area contributed by atoms with Gasteiger partial charge in [-0.3, -0.25) is 0 Å². The molecule has 0 aliphatic carbocycles. The zero-order chi connectivity index (χ0) is 14.5. The molecule has 104 valence electrons. The number of benzene rings is 1. The highest BCUT2D eigenvalue weighted by atomic mass is 35.5. The van der Waals surface area contributed by atoms with Crippen LogP contribution in [0.25, 0.3) is 16.7 Å². The van der Waals surface area contributed by atoms with Crippen molar-refractivity contribution < 1.29 is 12.6 Å². The highest BCUT2D eigenvalue weighted by Crippen LogP contribution is 2.25. The summed E-state index contributed by atoms with van der Waals surface area (Å²) in [5.74, 6) is 0.0932. The molecule has 2 N–H and O–H groups in total. The van der Waals surface area contributed by atoms with E-state index in [0.717, 1.165) is 6.26 Å². The SMILES string of the molecule is CS(=O)(=O)Oc1nnc2c(N)nc3cc(Cl)ccc3n12. The van der Waals surface area contributed by atoms with Crippen LogP contribution in [0.3, 0.4) is 0 Å². The molecule has 0 saturated heterocycles. The van der Waals surface area contributed by atoms with Crippen LogP contribution in [0.4, 0.5) is 5.82 Å². The molecular weight excluding hydrogens is 306 g/mol. The van der Waals surface area contributed by atoms with E-state index < -0.39 is 10.1 Å². The van der Waals surface area contributed by atoms with Gasteiger partial charge in [0.2, 0.25) is 5.65 Å². The maximum Gasteiger partial charge on any atom is 0.338 e. The summed E-state index contributed by atoms with van der Waals surface area (Å²) in [5.41, 5.74) is 6.98. The highest BCUT2D eigenvalue weighted by molar-refractivity contribution is 7.86. The number of nitrogens with two attached hydrogens (primary N) is 1. The number of nitrogen functional groups attached to an aromatic ring is 1. The summed E-state index contributed by atoms with van der Waals surface area (Å²) < 4.78 is 28.7. The molecule has 0 fully saturated rings. The van der Waals surface area contributed by atoms with Gasteiger partial charge in [0.15, 0.2) is 5.82 Å². The van der Waals surface area contributed by atoms with E-state index in [1.54, 1.807) is 18.2 Å². The van der Waals surface area contributed by atoms with Gasteiger partial charge in [0.25, 0.3) is 0 Å². The summed E-state index contributed by atoms with van der Waals surface area (Å²) in [6.07, 6.45) is 0.914. The zero-order valence-corrected chi connectivity index (χ0v) is 11.7. The summed E-state index contributed by atoms with van der Waals surface area (Å²) in [6, 6.07) is 4.67. The highest BCUT2D eigenvalue weighted by Gasteiger charge is 2.17. The number of rotatable bonds is 2. The molecule has 20 heavy (non-hydrogen) atoms. The predicted octanol–water partition coefficient (Wildman–Crippen LogP) is 0.851. The fourth-order valence-corrected chi connectivity index (χ4v) is 2.34. The molecule has 0 saturated carbocycles. The van der Waals surface area contributed by atoms with Crippen LogP contribution < -0.4 is 9.92 Å². The van der Waals surface area contributed by atoms with E-state index in [2.05, 4.69) is 15.2 Å². The predicted molar refractivity (Wildman–Crippen MR) is 73.2 cm³/mol. The summed E-state index contributed by atoms with van der Waals surface area (Å²) in [5, 5.41) is 7.93. The number of aromatic nitrogens is 4. The number of anilines is 1. The average Bonchev–Trinajstić information content (AvgIpc) is 2.71. The van der Waals surface area contributed by atoms with Gasteiger partial charge in [-0.05, 0) is 18.2 Å². The summed E-state index contributed by atoms with van der Waals surface area (Å²) >= 11 is 5.89. The van der Waals surface area contributed by atoms with Crippen LogP contribution in [-0.2, 0) is 10.1 Å². The van der Waals surface area contributed by atoms with Crippen LogP contribution in [-0.4, -0.2) is 34.3 Å². The minimum Gasteiger partial charge on any atom is -0.381 e. The molecule has 0 radical (unpaired) electrons. The first kappa shape index (κ1) is 12.9. The Hall–Kier alpha value is -2.13. The van der Waals surface area contributed by atoms with E-state index in [-0.39, 0.29) is 17.5 Å². The van der Waals surface area contributed by atoms with Crippen LogP contribution in [0.2, 0.25) is 5.02 Å². The zero-order valence-electron chi connectivity index (χ0n) is 10.1. The van der Waals surface area contributed by atoms with Gasteiger partial charge in [-0.1, -0.05) is 16.7 Å². The molecule has 0 amide bonds. The van der Waals surface area contributed by atoms with Crippen molar-refractivity contribution in [2.45, 2.75) is 0 Å². The molecule has 1 aromatic carbocycles. The van der Waals surface area contributed by atoms with Crippen molar-refractivity contribution in [1.82, 2.24) is 19.6 Å². The largest absolute Gasteiger partial charge is 0.381 e. The van der Waals surface area contributed by atoms with Crippen molar-refractivity contribution in [1.29, 1.82) is 0 Å². The first-order valence-corrected chi connectivity index (χ1v) is 7.54. The van der Waals surface area contributed by atoms with E-state index >= 15 is 0 Å². The quantitative estimate of drug-likeness (QED) is 0.698. The Balaban J connectivity index is 2.42. The van der Waals surface area contributed by atoms with Gasteiger partial charge in [0, 0.05) is 5.02 Å². The van der Waals surface area contributed by atoms with Crippen LogP contribution in [0, 0.1) is 0 Å². The Labute approximate surface area is 118 Å². The second-order valence-corrected chi connectivity index (χ2v) is 6.07. The number of nitrogens with zero attached hydrogens (tertiary/aromatic N) is 4. The van der Waals surface area contributed by atoms with E-state index in [4.69, 9.17) is 21.5 Å². The summed E-state index contributed by atoms with van der Waals surface area (Å²) in [6.45, 7) is 0. The molecular formula is C10H8ClN5O3S. The van der Waals surface area contributed by atoms with Crippen LogP contribution in [0.15, 0.2) is 18.2 Å². The van der Waals surface area contributed by atoms with Gasteiger partial charge in [-0.15, -0.1) is 5.10 Å². The van der Waals surface area contributed by atoms with E-state index in [1.807, 2.05) is 0 Å². The number of hydrogen-bond acceptors (Lipinski definition) is 7. The van der Waals surface area contributed by atoms with Crippen molar-refractivity contribution in [2.75, 3.05) is 12.0 Å². The van der Waals surface area contributed by atoms with Gasteiger partial charge >= 0.3 is 16.1 Å². The minimum atomic E-state index is -3.74. The second-order valence-electron chi connectivity index (χ2n) is 4.06. The molecule has 2 aromatic heterocycles. The van der Waals surface area contributed by atoms with E-state index in [0.29, 0.717) is 16.1 Å². The molecule has 0 unspecified atom stereocenters. The van der Waals surface area contributed by atoms with Crippen molar-refractivity contribution in [2.24, 2.45) is 0 Å². The standard InChI is InChI=1S/C10H8ClN5O3S/c1-20(17,18)19-10-15-14-9-8(12)13-6-4-5(11)2-3-7(6)16(9)10/h2-4H,1H3,(H2,12,13). The minimum absolute atomic E-state index is 0.0932. The molecule has 0 aliphatic rings. The van der Waals surface area contributed by atoms with Crippen LogP contribution in [0.1, 0.15) is 0 Å².